The van der Waals surface area contributed by atoms with E-state index in [0.29, 0.717) is 34.3 Å². The van der Waals surface area contributed by atoms with Crippen LogP contribution in [-0.4, -0.2) is 22.7 Å². The first-order valence-electron chi connectivity index (χ1n) is 7.38. The van der Waals surface area contributed by atoms with Crippen molar-refractivity contribution < 1.29 is 9.50 Å². The minimum Gasteiger partial charge on any atom is -0.391 e. The van der Waals surface area contributed by atoms with Crippen molar-refractivity contribution in [3.8, 4) is 6.07 Å². The van der Waals surface area contributed by atoms with E-state index in [9.17, 15) is 14.8 Å². The molecule has 0 aliphatic carbocycles. The van der Waals surface area contributed by atoms with Gasteiger partial charge in [0.05, 0.1) is 22.9 Å². The second-order valence-corrected chi connectivity index (χ2v) is 5.61. The first-order valence-corrected chi connectivity index (χ1v) is 7.38. The highest BCUT2D eigenvalue weighted by atomic mass is 19.1. The van der Waals surface area contributed by atoms with Crippen LogP contribution < -0.4 is 5.32 Å². The Morgan fingerprint density at radius 1 is 1.45 bits per heavy atom. The molecule has 2 unspecified atom stereocenters. The molecule has 0 fully saturated rings. The van der Waals surface area contributed by atoms with Gasteiger partial charge in [0, 0.05) is 18.1 Å². The molecule has 2 aromatic rings. The highest BCUT2D eigenvalue weighted by Crippen LogP contribution is 2.28. The predicted molar refractivity (Wildman–Crippen MR) is 85.1 cm³/mol. The molecule has 22 heavy (non-hydrogen) atoms. The van der Waals surface area contributed by atoms with Crippen molar-refractivity contribution in [3.05, 3.63) is 35.3 Å². The van der Waals surface area contributed by atoms with Gasteiger partial charge in [0.25, 0.3) is 0 Å². The minimum atomic E-state index is -0.533. The second-order valence-electron chi connectivity index (χ2n) is 5.61. The van der Waals surface area contributed by atoms with Gasteiger partial charge in [-0.05, 0) is 30.5 Å². The fraction of sp³-hybridized carbons (Fsp3) is 0.412. The molecule has 2 atom stereocenters. The lowest BCUT2D eigenvalue weighted by molar-refractivity contribution is 0.126. The standard InChI is InChI=1S/C17H20FN3O/c1-4-10(2)15(22)9-21-17-12(7-19)8-20-16-11(3)5-13(18)6-14(16)17/h5-6,8,10,15,22H,4,9H2,1-3H3,(H,20,21). The lowest BCUT2D eigenvalue weighted by Crippen LogP contribution is -2.26. The Hall–Kier alpha value is -2.19. The van der Waals surface area contributed by atoms with Crippen molar-refractivity contribution in [2.24, 2.45) is 5.92 Å². The number of anilines is 1. The number of nitrogens with zero attached hydrogens (tertiary/aromatic N) is 2. The number of nitriles is 1. The van der Waals surface area contributed by atoms with Crippen molar-refractivity contribution in [1.82, 2.24) is 4.98 Å². The van der Waals surface area contributed by atoms with E-state index >= 15 is 0 Å². The van der Waals surface area contributed by atoms with E-state index in [1.54, 1.807) is 6.92 Å². The number of aromatic nitrogens is 1. The summed E-state index contributed by atoms with van der Waals surface area (Å²) in [6.07, 6.45) is 1.80. The number of aliphatic hydroxyl groups is 1. The number of aliphatic hydroxyl groups excluding tert-OH is 1. The van der Waals surface area contributed by atoms with Crippen LogP contribution in [0.4, 0.5) is 10.1 Å². The zero-order valence-corrected chi connectivity index (χ0v) is 13.0. The molecule has 116 valence electrons. The zero-order valence-electron chi connectivity index (χ0n) is 13.0. The summed E-state index contributed by atoms with van der Waals surface area (Å²) in [5.74, 6) is -0.225. The summed E-state index contributed by atoms with van der Waals surface area (Å²) in [6, 6.07) is 4.85. The fourth-order valence-electron chi connectivity index (χ4n) is 2.39. The van der Waals surface area contributed by atoms with E-state index in [4.69, 9.17) is 0 Å². The molecule has 2 N–H and O–H groups in total. The smallest absolute Gasteiger partial charge is 0.124 e. The molecule has 0 radical (unpaired) electrons. The number of halogens is 1. The molecule has 5 heteroatoms. The first kappa shape index (κ1) is 16.2. The minimum absolute atomic E-state index is 0.143. The number of hydrogen-bond acceptors (Lipinski definition) is 4. The van der Waals surface area contributed by atoms with E-state index in [1.807, 2.05) is 13.8 Å². The molecular weight excluding hydrogens is 281 g/mol. The lowest BCUT2D eigenvalue weighted by Gasteiger charge is -2.19. The second kappa shape index (κ2) is 6.71. The zero-order chi connectivity index (χ0) is 16.3. The van der Waals surface area contributed by atoms with Crippen molar-refractivity contribution in [2.45, 2.75) is 33.3 Å². The van der Waals surface area contributed by atoms with Gasteiger partial charge < -0.3 is 10.4 Å². The average Bonchev–Trinajstić information content (AvgIpc) is 2.51. The topological polar surface area (TPSA) is 68.9 Å². The third-order valence-electron chi connectivity index (χ3n) is 4.04. The molecule has 0 aliphatic heterocycles. The molecule has 0 saturated heterocycles. The van der Waals surface area contributed by atoms with Gasteiger partial charge in [0.1, 0.15) is 11.9 Å². The highest BCUT2D eigenvalue weighted by molar-refractivity contribution is 5.95. The van der Waals surface area contributed by atoms with Gasteiger partial charge >= 0.3 is 0 Å². The molecule has 0 bridgehead atoms. The number of pyridine rings is 1. The summed E-state index contributed by atoms with van der Waals surface area (Å²) in [5.41, 5.74) is 2.23. The van der Waals surface area contributed by atoms with Crippen LogP contribution in [0.2, 0.25) is 0 Å². The van der Waals surface area contributed by atoms with Crippen LogP contribution in [0.25, 0.3) is 10.9 Å². The molecule has 0 saturated carbocycles. The number of benzene rings is 1. The quantitative estimate of drug-likeness (QED) is 0.888. The monoisotopic (exact) mass is 301 g/mol. The summed E-state index contributed by atoms with van der Waals surface area (Å²) >= 11 is 0. The molecule has 0 spiro atoms. The molecule has 4 nitrogen and oxygen atoms in total. The van der Waals surface area contributed by atoms with Crippen LogP contribution in [0.5, 0.6) is 0 Å². The van der Waals surface area contributed by atoms with Gasteiger partial charge in [-0.15, -0.1) is 0 Å². The van der Waals surface area contributed by atoms with E-state index < -0.39 is 6.10 Å². The van der Waals surface area contributed by atoms with Crippen molar-refractivity contribution in [3.63, 3.8) is 0 Å². The number of rotatable bonds is 5. The Bertz CT molecular complexity index is 724. The first-order chi connectivity index (χ1) is 10.5. The Balaban J connectivity index is 2.44. The molecule has 1 aromatic heterocycles. The SMILES string of the molecule is CCC(C)C(O)CNc1c(C#N)cnc2c(C)cc(F)cc12. The summed E-state index contributed by atoms with van der Waals surface area (Å²) in [7, 11) is 0. The fourth-order valence-corrected chi connectivity index (χ4v) is 2.39. The van der Waals surface area contributed by atoms with E-state index in [0.717, 1.165) is 6.42 Å². The number of fused-ring (bicyclic) bond motifs is 1. The lowest BCUT2D eigenvalue weighted by atomic mass is 10.0. The van der Waals surface area contributed by atoms with Crippen LogP contribution in [0.1, 0.15) is 31.4 Å². The maximum atomic E-state index is 13.7. The van der Waals surface area contributed by atoms with Gasteiger partial charge in [0.2, 0.25) is 0 Å². The van der Waals surface area contributed by atoms with Crippen molar-refractivity contribution in [2.75, 3.05) is 11.9 Å². The van der Waals surface area contributed by atoms with Gasteiger partial charge in [-0.1, -0.05) is 20.3 Å². The molecular formula is C17H20FN3O. The number of aryl methyl sites for hydroxylation is 1. The third-order valence-corrected chi connectivity index (χ3v) is 4.04. The normalized spacial score (nSPS) is 13.6. The van der Waals surface area contributed by atoms with E-state index in [1.165, 1.54) is 18.3 Å². The third kappa shape index (κ3) is 3.18. The Morgan fingerprint density at radius 2 is 2.18 bits per heavy atom. The summed E-state index contributed by atoms with van der Waals surface area (Å²) in [6.45, 7) is 6.06. The molecule has 1 aromatic carbocycles. The van der Waals surface area contributed by atoms with Gasteiger partial charge in [-0.25, -0.2) is 4.39 Å². The Labute approximate surface area is 129 Å². The van der Waals surface area contributed by atoms with Gasteiger partial charge in [-0.2, -0.15) is 5.26 Å². The van der Waals surface area contributed by atoms with Crippen LogP contribution in [0, 0.1) is 30.0 Å². The Morgan fingerprint density at radius 3 is 2.82 bits per heavy atom. The molecule has 0 aliphatic rings. The summed E-state index contributed by atoms with van der Waals surface area (Å²) in [5, 5.41) is 23.0. The predicted octanol–water partition coefficient (Wildman–Crippen LogP) is 3.37. The summed E-state index contributed by atoms with van der Waals surface area (Å²) < 4.78 is 13.7. The maximum Gasteiger partial charge on any atom is 0.124 e. The Kier molecular flexibility index (Phi) is 4.94. The number of hydrogen-bond donors (Lipinski definition) is 2. The van der Waals surface area contributed by atoms with Crippen LogP contribution >= 0.6 is 0 Å². The van der Waals surface area contributed by atoms with Crippen molar-refractivity contribution in [1.29, 1.82) is 5.26 Å². The average molecular weight is 301 g/mol. The number of nitrogens with one attached hydrogen (secondary N) is 1. The summed E-state index contributed by atoms with van der Waals surface area (Å²) in [4.78, 5) is 4.24. The van der Waals surface area contributed by atoms with Crippen LogP contribution in [-0.2, 0) is 0 Å². The van der Waals surface area contributed by atoms with Crippen molar-refractivity contribution >= 4 is 16.6 Å². The van der Waals surface area contributed by atoms with Gasteiger partial charge in [0.15, 0.2) is 0 Å². The van der Waals surface area contributed by atoms with Gasteiger partial charge in [-0.3, -0.25) is 4.98 Å². The van der Waals surface area contributed by atoms with E-state index in [2.05, 4.69) is 16.4 Å². The van der Waals surface area contributed by atoms with Crippen LogP contribution in [0.3, 0.4) is 0 Å². The van der Waals surface area contributed by atoms with E-state index in [-0.39, 0.29) is 11.7 Å². The molecule has 0 amide bonds. The maximum absolute atomic E-state index is 13.7. The molecule has 1 heterocycles. The largest absolute Gasteiger partial charge is 0.391 e. The van der Waals surface area contributed by atoms with Crippen LogP contribution in [0.15, 0.2) is 18.3 Å². The molecule has 2 rings (SSSR count). The highest BCUT2D eigenvalue weighted by Gasteiger charge is 2.15.